The summed E-state index contributed by atoms with van der Waals surface area (Å²) in [5, 5.41) is 11.7. The van der Waals surface area contributed by atoms with Crippen molar-refractivity contribution in [3.63, 3.8) is 0 Å². The number of esters is 1. The number of carbonyl (C=O) groups is 1. The molecule has 4 nitrogen and oxygen atoms in total. The first-order valence-electron chi connectivity index (χ1n) is 5.69. The Hall–Kier alpha value is -1.91. The highest BCUT2D eigenvalue weighted by Gasteiger charge is 2.15. The summed E-state index contributed by atoms with van der Waals surface area (Å²) in [6, 6.07) is 5.94. The van der Waals surface area contributed by atoms with E-state index in [1.807, 2.05) is 0 Å². The molecule has 98 valence electrons. The third-order valence-corrected chi connectivity index (χ3v) is 2.26. The second-order valence-corrected chi connectivity index (χ2v) is 4.13. The van der Waals surface area contributed by atoms with Crippen LogP contribution in [0.5, 0.6) is 0 Å². The van der Waals surface area contributed by atoms with Gasteiger partial charge < -0.3 is 9.94 Å². The Morgan fingerprint density at radius 3 is 2.50 bits per heavy atom. The van der Waals surface area contributed by atoms with Crippen LogP contribution in [0.1, 0.15) is 25.8 Å². The van der Waals surface area contributed by atoms with Gasteiger partial charge in [0.05, 0.1) is 6.10 Å². The summed E-state index contributed by atoms with van der Waals surface area (Å²) in [4.78, 5) is 11.5. The number of rotatable bonds is 5. The van der Waals surface area contributed by atoms with Crippen LogP contribution in [0.25, 0.3) is 0 Å². The number of hydrogen-bond donors (Lipinski definition) is 1. The zero-order valence-corrected chi connectivity index (χ0v) is 10.4. The standard InChI is InChI=1S/C13H16FNO3/c1-9(2)18-13(16)12(15-17)8-5-10-3-6-11(14)7-4-10/h3-4,6-7,9,17H,5,8H2,1-2H3/b15-12-. The fourth-order valence-electron chi connectivity index (χ4n) is 1.39. The number of benzene rings is 1. The first-order chi connectivity index (χ1) is 8.52. The molecule has 0 heterocycles. The van der Waals surface area contributed by atoms with Gasteiger partial charge in [-0.25, -0.2) is 9.18 Å². The second-order valence-electron chi connectivity index (χ2n) is 4.13. The predicted octanol–water partition coefficient (Wildman–Crippen LogP) is 2.54. The van der Waals surface area contributed by atoms with Crippen molar-refractivity contribution >= 4 is 11.7 Å². The Kier molecular flexibility index (Phi) is 5.30. The van der Waals surface area contributed by atoms with Crippen molar-refractivity contribution in [3.05, 3.63) is 35.6 Å². The molecule has 0 aromatic heterocycles. The molecule has 0 aliphatic carbocycles. The van der Waals surface area contributed by atoms with Crippen LogP contribution >= 0.6 is 0 Å². The minimum Gasteiger partial charge on any atom is -0.458 e. The normalized spacial score (nSPS) is 11.7. The predicted molar refractivity (Wildman–Crippen MR) is 65.2 cm³/mol. The van der Waals surface area contributed by atoms with Gasteiger partial charge in [-0.15, -0.1) is 0 Å². The molecule has 0 fully saturated rings. The maximum absolute atomic E-state index is 12.7. The topological polar surface area (TPSA) is 58.9 Å². The first-order valence-corrected chi connectivity index (χ1v) is 5.69. The Labute approximate surface area is 105 Å². The van der Waals surface area contributed by atoms with Crippen molar-refractivity contribution in [1.82, 2.24) is 0 Å². The summed E-state index contributed by atoms with van der Waals surface area (Å²) in [5.41, 5.74) is 0.822. The molecular formula is C13H16FNO3. The van der Waals surface area contributed by atoms with Crippen molar-refractivity contribution in [2.24, 2.45) is 5.16 Å². The summed E-state index contributed by atoms with van der Waals surface area (Å²) < 4.78 is 17.6. The Morgan fingerprint density at radius 1 is 1.39 bits per heavy atom. The van der Waals surface area contributed by atoms with Crippen molar-refractivity contribution in [2.45, 2.75) is 32.8 Å². The maximum atomic E-state index is 12.7. The first kappa shape index (κ1) is 14.2. The van der Waals surface area contributed by atoms with E-state index in [4.69, 9.17) is 9.94 Å². The van der Waals surface area contributed by atoms with E-state index in [0.29, 0.717) is 6.42 Å². The molecule has 18 heavy (non-hydrogen) atoms. The van der Waals surface area contributed by atoms with Gasteiger partial charge in [0.1, 0.15) is 5.82 Å². The Bertz CT molecular complexity index is 426. The van der Waals surface area contributed by atoms with Crippen molar-refractivity contribution in [2.75, 3.05) is 0 Å². The van der Waals surface area contributed by atoms with Gasteiger partial charge in [-0.3, -0.25) is 0 Å². The fourth-order valence-corrected chi connectivity index (χ4v) is 1.39. The zero-order valence-electron chi connectivity index (χ0n) is 10.4. The second kappa shape index (κ2) is 6.74. The molecule has 0 atom stereocenters. The van der Waals surface area contributed by atoms with E-state index in [-0.39, 0.29) is 24.1 Å². The van der Waals surface area contributed by atoms with Crippen LogP contribution in [-0.4, -0.2) is 23.0 Å². The molecule has 0 bridgehead atoms. The molecular weight excluding hydrogens is 237 g/mol. The summed E-state index contributed by atoms with van der Waals surface area (Å²) in [6.07, 6.45) is 0.459. The lowest BCUT2D eigenvalue weighted by Crippen LogP contribution is -2.21. The van der Waals surface area contributed by atoms with Crippen molar-refractivity contribution in [1.29, 1.82) is 0 Å². The molecule has 0 amide bonds. The fraction of sp³-hybridized carbons (Fsp3) is 0.385. The van der Waals surface area contributed by atoms with Gasteiger partial charge in [0, 0.05) is 6.42 Å². The highest BCUT2D eigenvalue weighted by Crippen LogP contribution is 2.07. The number of carbonyl (C=O) groups excluding carboxylic acids is 1. The van der Waals surface area contributed by atoms with Crippen LogP contribution in [0.3, 0.4) is 0 Å². The highest BCUT2D eigenvalue weighted by molar-refractivity contribution is 6.36. The van der Waals surface area contributed by atoms with E-state index in [1.54, 1.807) is 26.0 Å². The molecule has 0 saturated carbocycles. The van der Waals surface area contributed by atoms with Crippen molar-refractivity contribution in [3.8, 4) is 0 Å². The molecule has 1 N–H and O–H groups in total. The number of ether oxygens (including phenoxy) is 1. The van der Waals surface area contributed by atoms with E-state index >= 15 is 0 Å². The van der Waals surface area contributed by atoms with Gasteiger partial charge >= 0.3 is 5.97 Å². The molecule has 0 saturated heterocycles. The summed E-state index contributed by atoms with van der Waals surface area (Å²) in [5.74, 6) is -0.941. The van der Waals surface area contributed by atoms with Crippen LogP contribution in [0.15, 0.2) is 29.4 Å². The number of hydrogen-bond acceptors (Lipinski definition) is 4. The summed E-state index contributed by atoms with van der Waals surface area (Å²) >= 11 is 0. The van der Waals surface area contributed by atoms with Gasteiger partial charge in [0.2, 0.25) is 0 Å². The average Bonchev–Trinajstić information content (AvgIpc) is 2.31. The van der Waals surface area contributed by atoms with E-state index in [2.05, 4.69) is 5.16 Å². The SMILES string of the molecule is CC(C)OC(=O)/C(CCc1ccc(F)cc1)=N\O. The number of oxime groups is 1. The monoisotopic (exact) mass is 253 g/mol. The molecule has 1 aromatic carbocycles. The lowest BCUT2D eigenvalue weighted by Gasteiger charge is -2.08. The smallest absolute Gasteiger partial charge is 0.356 e. The molecule has 0 unspecified atom stereocenters. The van der Waals surface area contributed by atoms with Crippen molar-refractivity contribution < 1.29 is 19.1 Å². The van der Waals surface area contributed by atoms with Crippen LogP contribution in [0, 0.1) is 5.82 Å². The van der Waals surface area contributed by atoms with Crippen LogP contribution in [-0.2, 0) is 16.0 Å². The van der Waals surface area contributed by atoms with Gasteiger partial charge in [-0.1, -0.05) is 17.3 Å². The highest BCUT2D eigenvalue weighted by atomic mass is 19.1. The van der Waals surface area contributed by atoms with Gasteiger partial charge in [-0.05, 0) is 38.0 Å². The quantitative estimate of drug-likeness (QED) is 0.379. The van der Waals surface area contributed by atoms with E-state index in [1.165, 1.54) is 12.1 Å². The number of nitrogens with zero attached hydrogens (tertiary/aromatic N) is 1. The maximum Gasteiger partial charge on any atom is 0.356 e. The zero-order chi connectivity index (χ0) is 13.5. The van der Waals surface area contributed by atoms with Crippen LogP contribution in [0.2, 0.25) is 0 Å². The molecule has 0 radical (unpaired) electrons. The van der Waals surface area contributed by atoms with Crippen LogP contribution < -0.4 is 0 Å². The van der Waals surface area contributed by atoms with Crippen LogP contribution in [0.4, 0.5) is 4.39 Å². The van der Waals surface area contributed by atoms with Gasteiger partial charge in [0.15, 0.2) is 5.71 Å². The lowest BCUT2D eigenvalue weighted by molar-refractivity contribution is -0.139. The number of halogens is 1. The Morgan fingerprint density at radius 2 is 2.00 bits per heavy atom. The van der Waals surface area contributed by atoms with E-state index < -0.39 is 5.97 Å². The molecule has 0 spiro atoms. The number of aryl methyl sites for hydroxylation is 1. The molecule has 1 aromatic rings. The molecule has 5 heteroatoms. The minimum absolute atomic E-state index is 0.0342. The van der Waals surface area contributed by atoms with Gasteiger partial charge in [-0.2, -0.15) is 0 Å². The molecule has 1 rings (SSSR count). The Balaban J connectivity index is 2.55. The average molecular weight is 253 g/mol. The van der Waals surface area contributed by atoms with E-state index in [0.717, 1.165) is 5.56 Å². The lowest BCUT2D eigenvalue weighted by atomic mass is 10.1. The third-order valence-electron chi connectivity index (χ3n) is 2.26. The molecule has 0 aliphatic rings. The third kappa shape index (κ3) is 4.53. The summed E-state index contributed by atoms with van der Waals surface area (Å²) in [6.45, 7) is 3.43. The molecule has 0 aliphatic heterocycles. The summed E-state index contributed by atoms with van der Waals surface area (Å²) in [7, 11) is 0. The van der Waals surface area contributed by atoms with E-state index in [9.17, 15) is 9.18 Å². The van der Waals surface area contributed by atoms with Gasteiger partial charge in [0.25, 0.3) is 0 Å². The minimum atomic E-state index is -0.630. The largest absolute Gasteiger partial charge is 0.458 e.